The molecule has 0 atom stereocenters. The quantitative estimate of drug-likeness (QED) is 0.409. The summed E-state index contributed by atoms with van der Waals surface area (Å²) < 4.78 is 11.5. The average molecular weight is 363 g/mol. The predicted molar refractivity (Wildman–Crippen MR) is 113 cm³/mol. The van der Waals surface area contributed by atoms with E-state index < -0.39 is 0 Å². The molecule has 5 aromatic rings. The van der Waals surface area contributed by atoms with Crippen molar-refractivity contribution in [3.63, 3.8) is 0 Å². The molecule has 0 bridgehead atoms. The van der Waals surface area contributed by atoms with Gasteiger partial charge in [0.1, 0.15) is 11.3 Å². The molecule has 4 heteroatoms. The Kier molecular flexibility index (Phi) is 4.11. The van der Waals surface area contributed by atoms with E-state index in [9.17, 15) is 0 Å². The minimum absolute atomic E-state index is 0.485. The molecular weight excluding hydrogens is 347 g/mol. The van der Waals surface area contributed by atoms with Gasteiger partial charge in [0, 0.05) is 16.3 Å². The molecule has 0 aliphatic heterocycles. The van der Waals surface area contributed by atoms with Crippen molar-refractivity contribution in [1.82, 2.24) is 0 Å². The van der Waals surface area contributed by atoms with Crippen molar-refractivity contribution >= 4 is 29.6 Å². The molecule has 3 nitrogen and oxygen atoms in total. The average Bonchev–Trinajstić information content (AvgIpc) is 3.15. The van der Waals surface area contributed by atoms with Crippen LogP contribution in [0.3, 0.4) is 0 Å². The number of hydrogen-bond acceptors (Lipinski definition) is 3. The van der Waals surface area contributed by atoms with Crippen LogP contribution in [0.4, 0.5) is 0 Å². The van der Waals surface area contributed by atoms with E-state index in [0.717, 1.165) is 38.6 Å². The van der Waals surface area contributed by atoms with Crippen molar-refractivity contribution < 1.29 is 14.1 Å². The van der Waals surface area contributed by atoms with Gasteiger partial charge in [-0.2, -0.15) is 0 Å². The maximum absolute atomic E-state index is 9.06. The van der Waals surface area contributed by atoms with E-state index in [1.807, 2.05) is 54.6 Å². The summed E-state index contributed by atoms with van der Waals surface area (Å²) in [6.45, 7) is 0. The molecule has 0 unspecified atom stereocenters. The van der Waals surface area contributed by atoms with Crippen LogP contribution in [0.5, 0.6) is 5.75 Å². The zero-order valence-corrected chi connectivity index (χ0v) is 15.0. The van der Waals surface area contributed by atoms with Crippen LogP contribution < -0.4 is 4.65 Å². The van der Waals surface area contributed by atoms with Gasteiger partial charge in [0.2, 0.25) is 0 Å². The van der Waals surface area contributed by atoms with Crippen molar-refractivity contribution in [2.24, 2.45) is 0 Å². The van der Waals surface area contributed by atoms with Crippen LogP contribution in [0.25, 0.3) is 44.2 Å². The number of benzene rings is 4. The van der Waals surface area contributed by atoms with Crippen LogP contribution in [0.1, 0.15) is 0 Å². The Hall–Kier alpha value is -3.50. The second-order valence-corrected chi connectivity index (χ2v) is 6.55. The zero-order valence-electron chi connectivity index (χ0n) is 15.0. The van der Waals surface area contributed by atoms with Crippen LogP contribution in [0, 0.1) is 0 Å². The molecule has 0 amide bonds. The van der Waals surface area contributed by atoms with Crippen LogP contribution in [0.15, 0.2) is 95.4 Å². The summed E-state index contributed by atoms with van der Waals surface area (Å²) in [6.07, 6.45) is 0. The van der Waals surface area contributed by atoms with E-state index in [4.69, 9.17) is 14.1 Å². The molecule has 1 N–H and O–H groups in total. The lowest BCUT2D eigenvalue weighted by Gasteiger charge is -2.10. The maximum atomic E-state index is 9.06. The number of para-hydroxylation sites is 2. The van der Waals surface area contributed by atoms with Crippen LogP contribution >= 0.6 is 0 Å². The summed E-state index contributed by atoms with van der Waals surface area (Å²) in [6, 6.07) is 30.5. The molecule has 1 aromatic heterocycles. The standard InChI is InChI=1S/C24H16BO3/c26-25-28-22-15-7-14-21-20-13-6-12-19(23(20)27-24(21)22)18-11-5-4-10-17(18)16-8-2-1-3-9-16/h1-15,26H. The third-order valence-electron chi connectivity index (χ3n) is 4.97. The van der Waals surface area contributed by atoms with Crippen molar-refractivity contribution in [3.8, 4) is 28.0 Å². The molecule has 0 saturated heterocycles. The highest BCUT2D eigenvalue weighted by Crippen LogP contribution is 2.41. The molecule has 0 saturated carbocycles. The molecule has 28 heavy (non-hydrogen) atoms. The molecule has 1 heterocycles. The Morgan fingerprint density at radius 2 is 1.25 bits per heavy atom. The van der Waals surface area contributed by atoms with Crippen molar-refractivity contribution in [2.45, 2.75) is 0 Å². The second-order valence-electron chi connectivity index (χ2n) is 6.55. The molecule has 0 aliphatic rings. The predicted octanol–water partition coefficient (Wildman–Crippen LogP) is 5.83. The lowest BCUT2D eigenvalue weighted by atomic mass is 9.93. The van der Waals surface area contributed by atoms with Gasteiger partial charge < -0.3 is 14.1 Å². The largest absolute Gasteiger partial charge is 0.569 e. The number of rotatable bonds is 4. The van der Waals surface area contributed by atoms with E-state index in [1.54, 1.807) is 6.07 Å². The Labute approximate surface area is 163 Å². The molecule has 0 aliphatic carbocycles. The summed E-state index contributed by atoms with van der Waals surface area (Å²) >= 11 is 0. The summed E-state index contributed by atoms with van der Waals surface area (Å²) in [5, 5.41) is 11.0. The van der Waals surface area contributed by atoms with Gasteiger partial charge in [-0.25, -0.2) is 0 Å². The van der Waals surface area contributed by atoms with E-state index >= 15 is 0 Å². The first-order valence-electron chi connectivity index (χ1n) is 9.08. The zero-order chi connectivity index (χ0) is 18.9. The van der Waals surface area contributed by atoms with Gasteiger partial charge in [0.15, 0.2) is 5.58 Å². The van der Waals surface area contributed by atoms with Crippen molar-refractivity contribution in [1.29, 1.82) is 0 Å². The highest BCUT2D eigenvalue weighted by Gasteiger charge is 2.17. The van der Waals surface area contributed by atoms with Gasteiger partial charge in [0.05, 0.1) is 0 Å². The van der Waals surface area contributed by atoms with Gasteiger partial charge >= 0.3 is 7.69 Å². The fourth-order valence-corrected chi connectivity index (χ4v) is 3.74. The second kappa shape index (κ2) is 6.91. The molecule has 1 radical (unpaired) electrons. The lowest BCUT2D eigenvalue weighted by molar-refractivity contribution is 0.451. The molecule has 5 rings (SSSR count). The fraction of sp³-hybridized carbons (Fsp3) is 0. The normalized spacial score (nSPS) is 11.0. The van der Waals surface area contributed by atoms with Crippen molar-refractivity contribution in [3.05, 3.63) is 91.0 Å². The molecule has 0 spiro atoms. The third-order valence-corrected chi connectivity index (χ3v) is 4.97. The summed E-state index contributed by atoms with van der Waals surface area (Å²) in [7, 11) is 0.674. The Morgan fingerprint density at radius 3 is 2.04 bits per heavy atom. The number of hydrogen-bond donors (Lipinski definition) is 1. The highest BCUT2D eigenvalue weighted by atomic mass is 16.5. The lowest BCUT2D eigenvalue weighted by Crippen LogP contribution is -1.99. The minimum atomic E-state index is 0.485. The summed E-state index contributed by atoms with van der Waals surface area (Å²) in [4.78, 5) is 0. The molecule has 0 fully saturated rings. The summed E-state index contributed by atoms with van der Waals surface area (Å²) in [5.74, 6) is 0.485. The Bertz CT molecular complexity index is 1280. The van der Waals surface area contributed by atoms with Gasteiger partial charge in [0.25, 0.3) is 0 Å². The first kappa shape index (κ1) is 16.7. The van der Waals surface area contributed by atoms with E-state index in [2.05, 4.69) is 30.3 Å². The van der Waals surface area contributed by atoms with E-state index in [1.165, 1.54) is 0 Å². The van der Waals surface area contributed by atoms with Gasteiger partial charge in [-0.3, -0.25) is 0 Å². The van der Waals surface area contributed by atoms with Gasteiger partial charge in [-0.15, -0.1) is 0 Å². The smallest absolute Gasteiger partial charge is 0.535 e. The number of fused-ring (bicyclic) bond motifs is 3. The minimum Gasteiger partial charge on any atom is -0.535 e. The van der Waals surface area contributed by atoms with E-state index in [0.29, 0.717) is 19.0 Å². The van der Waals surface area contributed by atoms with Crippen LogP contribution in [0.2, 0.25) is 0 Å². The molecule has 133 valence electrons. The SMILES string of the molecule is O[B]Oc1cccc2c1oc1c(-c3ccccc3-c3ccccc3)cccc12. The van der Waals surface area contributed by atoms with Crippen LogP contribution in [-0.2, 0) is 0 Å². The third kappa shape index (κ3) is 2.66. The number of furan rings is 1. The summed E-state index contributed by atoms with van der Waals surface area (Å²) in [5.41, 5.74) is 5.85. The van der Waals surface area contributed by atoms with Crippen LogP contribution in [-0.4, -0.2) is 12.7 Å². The molecular formula is C24H16BO3. The first-order valence-corrected chi connectivity index (χ1v) is 9.08. The monoisotopic (exact) mass is 363 g/mol. The maximum Gasteiger partial charge on any atom is 0.569 e. The first-order chi connectivity index (χ1) is 13.9. The Morgan fingerprint density at radius 1 is 0.607 bits per heavy atom. The van der Waals surface area contributed by atoms with E-state index in [-0.39, 0.29) is 0 Å². The fourth-order valence-electron chi connectivity index (χ4n) is 3.74. The van der Waals surface area contributed by atoms with Crippen molar-refractivity contribution in [2.75, 3.05) is 0 Å². The highest BCUT2D eigenvalue weighted by molar-refractivity contribution is 6.19. The van der Waals surface area contributed by atoms with Gasteiger partial charge in [-0.05, 0) is 22.8 Å². The topological polar surface area (TPSA) is 42.6 Å². The molecule has 4 aromatic carbocycles. The Balaban J connectivity index is 1.80. The van der Waals surface area contributed by atoms with Gasteiger partial charge in [-0.1, -0.05) is 84.9 Å².